The normalized spacial score (nSPS) is 20.8. The third kappa shape index (κ3) is 3.74. The van der Waals surface area contributed by atoms with Crippen LogP contribution in [0.2, 0.25) is 0 Å². The molecule has 2 aliphatic rings. The van der Waals surface area contributed by atoms with E-state index in [1.54, 1.807) is 21.6 Å². The molecular weight excluding hydrogens is 330 g/mol. The number of rotatable bonds is 3. The Morgan fingerprint density at radius 3 is 2.12 bits per heavy atom. The first-order chi connectivity index (χ1) is 12.4. The van der Waals surface area contributed by atoms with Gasteiger partial charge in [-0.15, -0.1) is 0 Å². The molecule has 0 spiro atoms. The van der Waals surface area contributed by atoms with Gasteiger partial charge in [-0.2, -0.15) is 0 Å². The van der Waals surface area contributed by atoms with Crippen molar-refractivity contribution in [3.63, 3.8) is 0 Å². The number of anilines is 1. The molecule has 0 N–H and O–H groups in total. The van der Waals surface area contributed by atoms with Crippen molar-refractivity contribution in [2.45, 2.75) is 33.1 Å². The van der Waals surface area contributed by atoms with Gasteiger partial charge in [0.25, 0.3) is 0 Å². The van der Waals surface area contributed by atoms with Gasteiger partial charge in [0.15, 0.2) is 0 Å². The molecule has 1 aromatic rings. The Morgan fingerprint density at radius 2 is 1.58 bits per heavy atom. The van der Waals surface area contributed by atoms with Crippen molar-refractivity contribution in [1.29, 1.82) is 0 Å². The van der Waals surface area contributed by atoms with Crippen LogP contribution in [0.4, 0.5) is 5.69 Å². The first-order valence-corrected chi connectivity index (χ1v) is 9.31. The van der Waals surface area contributed by atoms with Crippen LogP contribution < -0.4 is 4.90 Å². The molecule has 3 amide bonds. The van der Waals surface area contributed by atoms with E-state index in [4.69, 9.17) is 0 Å². The second-order valence-corrected chi connectivity index (χ2v) is 7.48. The largest absolute Gasteiger partial charge is 0.339 e. The molecule has 2 fully saturated rings. The van der Waals surface area contributed by atoms with Crippen molar-refractivity contribution in [3.05, 3.63) is 29.8 Å². The highest BCUT2D eigenvalue weighted by Gasteiger charge is 2.38. The fourth-order valence-corrected chi connectivity index (χ4v) is 3.66. The molecule has 2 saturated heterocycles. The molecule has 1 unspecified atom stereocenters. The fourth-order valence-electron chi connectivity index (χ4n) is 3.66. The molecule has 26 heavy (non-hydrogen) atoms. The minimum Gasteiger partial charge on any atom is -0.339 e. The van der Waals surface area contributed by atoms with Gasteiger partial charge in [-0.3, -0.25) is 14.4 Å². The molecule has 140 valence electrons. The molecule has 0 aromatic heterocycles. The second-order valence-electron chi connectivity index (χ2n) is 7.48. The Hall–Kier alpha value is -2.37. The number of nitrogens with zero attached hydrogens (tertiary/aromatic N) is 3. The molecule has 1 aromatic carbocycles. The summed E-state index contributed by atoms with van der Waals surface area (Å²) in [6, 6.07) is 8.02. The van der Waals surface area contributed by atoms with Crippen LogP contribution in [0.25, 0.3) is 0 Å². The summed E-state index contributed by atoms with van der Waals surface area (Å²) < 4.78 is 0. The van der Waals surface area contributed by atoms with E-state index in [0.717, 1.165) is 5.69 Å². The van der Waals surface area contributed by atoms with E-state index < -0.39 is 0 Å². The lowest BCUT2D eigenvalue weighted by Crippen LogP contribution is -2.51. The van der Waals surface area contributed by atoms with Gasteiger partial charge in [0.2, 0.25) is 17.7 Å². The van der Waals surface area contributed by atoms with E-state index in [1.165, 1.54) is 5.56 Å². The Labute approximate surface area is 154 Å². The third-order valence-electron chi connectivity index (χ3n) is 5.38. The molecule has 0 radical (unpaired) electrons. The quantitative estimate of drug-likeness (QED) is 0.829. The number of amides is 3. The van der Waals surface area contributed by atoms with Crippen LogP contribution in [0, 0.1) is 5.92 Å². The second kappa shape index (κ2) is 7.48. The zero-order chi connectivity index (χ0) is 18.8. The van der Waals surface area contributed by atoms with Gasteiger partial charge in [0.1, 0.15) is 0 Å². The minimum atomic E-state index is -0.295. The highest BCUT2D eigenvalue weighted by molar-refractivity contribution is 6.00. The highest BCUT2D eigenvalue weighted by atomic mass is 16.2. The number of carbonyl (C=O) groups is 3. The summed E-state index contributed by atoms with van der Waals surface area (Å²) in [5.41, 5.74) is 2.09. The van der Waals surface area contributed by atoms with Crippen LogP contribution in [0.15, 0.2) is 24.3 Å². The third-order valence-corrected chi connectivity index (χ3v) is 5.38. The Morgan fingerprint density at radius 1 is 1.00 bits per heavy atom. The fraction of sp³-hybridized carbons (Fsp3) is 0.550. The summed E-state index contributed by atoms with van der Waals surface area (Å²) in [5.74, 6) is 0.229. The van der Waals surface area contributed by atoms with E-state index in [1.807, 2.05) is 24.3 Å². The van der Waals surface area contributed by atoms with Gasteiger partial charge in [-0.1, -0.05) is 26.0 Å². The lowest BCUT2D eigenvalue weighted by Gasteiger charge is -2.35. The molecule has 6 nitrogen and oxygen atoms in total. The van der Waals surface area contributed by atoms with Crippen molar-refractivity contribution >= 4 is 23.4 Å². The SMILES string of the molecule is CC(=O)N1CCN(C(=O)C2CC(=O)N(c3ccc(C(C)C)cc3)C2)CC1. The highest BCUT2D eigenvalue weighted by Crippen LogP contribution is 2.28. The number of piperazine rings is 1. The minimum absolute atomic E-state index is 0.00280. The number of hydrogen-bond donors (Lipinski definition) is 0. The molecule has 3 rings (SSSR count). The van der Waals surface area contributed by atoms with Gasteiger partial charge in [0.05, 0.1) is 5.92 Å². The van der Waals surface area contributed by atoms with E-state index in [0.29, 0.717) is 38.6 Å². The molecule has 0 bridgehead atoms. The molecule has 6 heteroatoms. The van der Waals surface area contributed by atoms with Crippen LogP contribution in [0.1, 0.15) is 38.7 Å². The van der Waals surface area contributed by atoms with Crippen LogP contribution in [0.5, 0.6) is 0 Å². The van der Waals surface area contributed by atoms with E-state index in [9.17, 15) is 14.4 Å². The number of benzene rings is 1. The van der Waals surface area contributed by atoms with Crippen LogP contribution >= 0.6 is 0 Å². The molecule has 0 saturated carbocycles. The van der Waals surface area contributed by atoms with Crippen LogP contribution in [-0.2, 0) is 14.4 Å². The van der Waals surface area contributed by atoms with E-state index in [2.05, 4.69) is 13.8 Å². The van der Waals surface area contributed by atoms with E-state index in [-0.39, 0.29) is 30.1 Å². The van der Waals surface area contributed by atoms with Crippen molar-refractivity contribution in [2.24, 2.45) is 5.92 Å². The Balaban J connectivity index is 1.62. The van der Waals surface area contributed by atoms with Crippen LogP contribution in [0.3, 0.4) is 0 Å². The zero-order valence-electron chi connectivity index (χ0n) is 15.8. The molecular formula is C20H27N3O3. The predicted octanol–water partition coefficient (Wildman–Crippen LogP) is 1.85. The summed E-state index contributed by atoms with van der Waals surface area (Å²) in [7, 11) is 0. The average Bonchev–Trinajstić information content (AvgIpc) is 3.03. The van der Waals surface area contributed by atoms with Crippen molar-refractivity contribution in [1.82, 2.24) is 9.80 Å². The molecule has 0 aliphatic carbocycles. The topological polar surface area (TPSA) is 60.9 Å². The number of hydrogen-bond acceptors (Lipinski definition) is 3. The summed E-state index contributed by atoms with van der Waals surface area (Å²) in [6.45, 7) is 8.50. The molecule has 2 heterocycles. The predicted molar refractivity (Wildman–Crippen MR) is 99.8 cm³/mol. The van der Waals surface area contributed by atoms with Gasteiger partial charge in [-0.25, -0.2) is 0 Å². The van der Waals surface area contributed by atoms with Gasteiger partial charge in [-0.05, 0) is 23.6 Å². The van der Waals surface area contributed by atoms with Gasteiger partial charge in [0, 0.05) is 51.8 Å². The van der Waals surface area contributed by atoms with Crippen molar-refractivity contribution < 1.29 is 14.4 Å². The summed E-state index contributed by atoms with van der Waals surface area (Å²) >= 11 is 0. The standard InChI is InChI=1S/C20H27N3O3/c1-14(2)16-4-6-18(7-5-16)23-13-17(12-19(23)25)20(26)22-10-8-21(9-11-22)15(3)24/h4-7,14,17H,8-13H2,1-3H3. The van der Waals surface area contributed by atoms with Crippen LogP contribution in [-0.4, -0.2) is 60.2 Å². The lowest BCUT2D eigenvalue weighted by atomic mass is 10.0. The number of carbonyl (C=O) groups excluding carboxylic acids is 3. The zero-order valence-corrected chi connectivity index (χ0v) is 15.8. The maximum atomic E-state index is 12.8. The average molecular weight is 357 g/mol. The van der Waals surface area contributed by atoms with E-state index >= 15 is 0 Å². The summed E-state index contributed by atoms with van der Waals surface area (Å²) in [4.78, 5) is 41.9. The van der Waals surface area contributed by atoms with Gasteiger partial charge < -0.3 is 14.7 Å². The summed E-state index contributed by atoms with van der Waals surface area (Å²) in [6.07, 6.45) is 0.262. The summed E-state index contributed by atoms with van der Waals surface area (Å²) in [5, 5.41) is 0. The van der Waals surface area contributed by atoms with Crippen molar-refractivity contribution in [2.75, 3.05) is 37.6 Å². The monoisotopic (exact) mass is 357 g/mol. The van der Waals surface area contributed by atoms with Gasteiger partial charge >= 0.3 is 0 Å². The molecule has 1 atom stereocenters. The first-order valence-electron chi connectivity index (χ1n) is 9.31. The first kappa shape index (κ1) is 18.4. The lowest BCUT2D eigenvalue weighted by molar-refractivity contribution is -0.141. The Kier molecular flexibility index (Phi) is 5.30. The maximum absolute atomic E-state index is 12.8. The Bertz CT molecular complexity index is 691. The smallest absolute Gasteiger partial charge is 0.228 e. The maximum Gasteiger partial charge on any atom is 0.228 e. The van der Waals surface area contributed by atoms with Crippen molar-refractivity contribution in [3.8, 4) is 0 Å². The molecule has 2 aliphatic heterocycles.